The maximum atomic E-state index is 12.3. The Morgan fingerprint density at radius 3 is 2.50 bits per heavy atom. The first-order valence-corrected chi connectivity index (χ1v) is 8.87. The topological polar surface area (TPSA) is 101 Å². The molecule has 0 spiro atoms. The average molecular weight is 395 g/mol. The van der Waals surface area contributed by atoms with Crippen LogP contribution in [0.3, 0.4) is 0 Å². The molecule has 9 nitrogen and oxygen atoms in total. The quantitative estimate of drug-likeness (QED) is 0.372. The first-order valence-electron chi connectivity index (χ1n) is 8.87. The Morgan fingerprint density at radius 1 is 1.14 bits per heavy atom. The van der Waals surface area contributed by atoms with E-state index in [1.165, 1.54) is 19.1 Å². The van der Waals surface area contributed by atoms with Crippen molar-refractivity contribution in [2.24, 2.45) is 0 Å². The van der Waals surface area contributed by atoms with E-state index in [4.69, 9.17) is 19.0 Å². The molecule has 154 valence electrons. The lowest BCUT2D eigenvalue weighted by Gasteiger charge is -2.33. The molecule has 28 heavy (non-hydrogen) atoms. The summed E-state index contributed by atoms with van der Waals surface area (Å²) >= 11 is 0. The lowest BCUT2D eigenvalue weighted by molar-refractivity contribution is -0.326. The van der Waals surface area contributed by atoms with Crippen LogP contribution < -0.4 is 0 Å². The largest absolute Gasteiger partial charge is 0.510 e. The van der Waals surface area contributed by atoms with Crippen molar-refractivity contribution in [2.45, 2.75) is 44.6 Å². The first-order chi connectivity index (χ1) is 13.4. The van der Waals surface area contributed by atoms with Gasteiger partial charge in [-0.15, -0.1) is 0 Å². The standard InChI is InChI=1S/C19H25NO8/c1-19(27-18(23)25-3,28-20-11-7-10-15(20)17(22)24-2)12-16(21)26-13-14-8-5-4-6-9-14/h4-6,8-9,15H,7,10-13H2,1-3H3. The predicted octanol–water partition coefficient (Wildman–Crippen LogP) is 2.19. The zero-order valence-electron chi connectivity index (χ0n) is 16.2. The van der Waals surface area contributed by atoms with Crippen molar-refractivity contribution in [3.05, 3.63) is 35.9 Å². The number of carbonyl (C=O) groups excluding carboxylic acids is 3. The molecule has 1 saturated heterocycles. The number of rotatable bonds is 8. The van der Waals surface area contributed by atoms with Crippen LogP contribution in [-0.2, 0) is 40.0 Å². The Hall–Kier alpha value is -2.65. The van der Waals surface area contributed by atoms with Crippen LogP contribution in [0.15, 0.2) is 30.3 Å². The van der Waals surface area contributed by atoms with E-state index in [1.54, 1.807) is 0 Å². The van der Waals surface area contributed by atoms with Crippen LogP contribution in [0, 0.1) is 0 Å². The van der Waals surface area contributed by atoms with Crippen LogP contribution in [0.1, 0.15) is 31.7 Å². The van der Waals surface area contributed by atoms with Crippen molar-refractivity contribution in [3.63, 3.8) is 0 Å². The van der Waals surface area contributed by atoms with Crippen molar-refractivity contribution in [1.82, 2.24) is 5.06 Å². The number of nitrogens with zero attached hydrogens (tertiary/aromatic N) is 1. The summed E-state index contributed by atoms with van der Waals surface area (Å²) in [4.78, 5) is 41.6. The molecule has 0 amide bonds. The summed E-state index contributed by atoms with van der Waals surface area (Å²) in [7, 11) is 2.42. The smallest absolute Gasteiger partial charge is 0.468 e. The van der Waals surface area contributed by atoms with Gasteiger partial charge >= 0.3 is 18.1 Å². The van der Waals surface area contributed by atoms with Crippen molar-refractivity contribution in [3.8, 4) is 0 Å². The summed E-state index contributed by atoms with van der Waals surface area (Å²) in [6.45, 7) is 1.89. The summed E-state index contributed by atoms with van der Waals surface area (Å²) in [5.74, 6) is -2.81. The first kappa shape index (κ1) is 21.6. The van der Waals surface area contributed by atoms with Gasteiger partial charge in [0.25, 0.3) is 0 Å². The number of hydrogen-bond donors (Lipinski definition) is 0. The summed E-state index contributed by atoms with van der Waals surface area (Å²) in [5, 5.41) is 1.36. The Balaban J connectivity index is 2.03. The summed E-state index contributed by atoms with van der Waals surface area (Å²) in [5.41, 5.74) is 0.817. The fourth-order valence-corrected chi connectivity index (χ4v) is 2.83. The molecule has 0 N–H and O–H groups in total. The molecule has 1 heterocycles. The second-order valence-electron chi connectivity index (χ2n) is 6.43. The van der Waals surface area contributed by atoms with E-state index in [2.05, 4.69) is 4.74 Å². The Bertz CT molecular complexity index is 680. The van der Waals surface area contributed by atoms with Gasteiger partial charge < -0.3 is 18.9 Å². The third kappa shape index (κ3) is 6.21. The lowest BCUT2D eigenvalue weighted by Crippen LogP contribution is -2.47. The van der Waals surface area contributed by atoms with Gasteiger partial charge in [-0.05, 0) is 18.4 Å². The van der Waals surface area contributed by atoms with Gasteiger partial charge in [-0.3, -0.25) is 14.4 Å². The van der Waals surface area contributed by atoms with Gasteiger partial charge in [0, 0.05) is 13.5 Å². The van der Waals surface area contributed by atoms with Crippen LogP contribution >= 0.6 is 0 Å². The number of benzene rings is 1. The molecule has 1 aromatic rings. The van der Waals surface area contributed by atoms with Crippen molar-refractivity contribution in [2.75, 3.05) is 20.8 Å². The highest BCUT2D eigenvalue weighted by Gasteiger charge is 2.42. The van der Waals surface area contributed by atoms with Gasteiger partial charge in [0.1, 0.15) is 19.1 Å². The monoisotopic (exact) mass is 395 g/mol. The van der Waals surface area contributed by atoms with Crippen LogP contribution in [0.4, 0.5) is 4.79 Å². The van der Waals surface area contributed by atoms with E-state index in [0.29, 0.717) is 19.4 Å². The van der Waals surface area contributed by atoms with Crippen LogP contribution in [-0.4, -0.2) is 55.8 Å². The van der Waals surface area contributed by atoms with Crippen molar-refractivity contribution >= 4 is 18.1 Å². The van der Waals surface area contributed by atoms with Gasteiger partial charge in [-0.25, -0.2) is 4.79 Å². The summed E-state index contributed by atoms with van der Waals surface area (Å²) < 4.78 is 19.7. The number of hydrogen-bond acceptors (Lipinski definition) is 9. The van der Waals surface area contributed by atoms with Gasteiger partial charge in [-0.1, -0.05) is 30.3 Å². The second-order valence-corrected chi connectivity index (χ2v) is 6.43. The molecule has 1 aliphatic heterocycles. The van der Waals surface area contributed by atoms with Gasteiger partial charge in [-0.2, -0.15) is 5.06 Å². The zero-order valence-corrected chi connectivity index (χ0v) is 16.2. The lowest BCUT2D eigenvalue weighted by atomic mass is 10.2. The molecule has 1 aromatic carbocycles. The van der Waals surface area contributed by atoms with Crippen molar-refractivity contribution in [1.29, 1.82) is 0 Å². The molecular formula is C19H25NO8. The highest BCUT2D eigenvalue weighted by Crippen LogP contribution is 2.27. The third-order valence-corrected chi connectivity index (χ3v) is 4.16. The van der Waals surface area contributed by atoms with E-state index < -0.39 is 29.9 Å². The molecule has 0 saturated carbocycles. The molecular weight excluding hydrogens is 370 g/mol. The van der Waals surface area contributed by atoms with E-state index in [9.17, 15) is 14.4 Å². The van der Waals surface area contributed by atoms with E-state index in [-0.39, 0.29) is 13.0 Å². The minimum atomic E-state index is -1.71. The third-order valence-electron chi connectivity index (χ3n) is 4.16. The number of esters is 2. The number of hydroxylamine groups is 2. The molecule has 0 radical (unpaired) electrons. The Morgan fingerprint density at radius 2 is 1.86 bits per heavy atom. The Labute approximate surface area is 163 Å². The van der Waals surface area contributed by atoms with Gasteiger partial charge in [0.15, 0.2) is 0 Å². The molecule has 2 atom stereocenters. The molecule has 0 aromatic heterocycles. The van der Waals surface area contributed by atoms with Gasteiger partial charge in [0.2, 0.25) is 5.79 Å². The molecule has 2 rings (SSSR count). The normalized spacial score (nSPS) is 18.8. The Kier molecular flexibility index (Phi) is 7.77. The van der Waals surface area contributed by atoms with E-state index in [0.717, 1.165) is 12.7 Å². The van der Waals surface area contributed by atoms with Crippen molar-refractivity contribution < 1.29 is 38.2 Å². The highest BCUT2D eigenvalue weighted by atomic mass is 16.9. The highest BCUT2D eigenvalue weighted by molar-refractivity contribution is 5.75. The molecule has 9 heteroatoms. The van der Waals surface area contributed by atoms with Crippen LogP contribution in [0.5, 0.6) is 0 Å². The molecule has 0 bridgehead atoms. The summed E-state index contributed by atoms with van der Waals surface area (Å²) in [6, 6.07) is 8.51. The van der Waals surface area contributed by atoms with Gasteiger partial charge in [0.05, 0.1) is 14.2 Å². The second kappa shape index (κ2) is 10.0. The fraction of sp³-hybridized carbons (Fsp3) is 0.526. The molecule has 1 fully saturated rings. The van der Waals surface area contributed by atoms with Crippen LogP contribution in [0.25, 0.3) is 0 Å². The SMILES string of the molecule is COC(=O)OC(C)(CC(=O)OCc1ccccc1)ON1CCCC1C(=O)OC. The summed E-state index contributed by atoms with van der Waals surface area (Å²) in [6.07, 6.45) is -0.196. The maximum absolute atomic E-state index is 12.3. The van der Waals surface area contributed by atoms with Crippen LogP contribution in [0.2, 0.25) is 0 Å². The predicted molar refractivity (Wildman–Crippen MR) is 95.6 cm³/mol. The van der Waals surface area contributed by atoms with E-state index in [1.807, 2.05) is 30.3 Å². The number of carbonyl (C=O) groups is 3. The molecule has 2 unspecified atom stereocenters. The fourth-order valence-electron chi connectivity index (χ4n) is 2.83. The maximum Gasteiger partial charge on any atom is 0.510 e. The number of methoxy groups -OCH3 is 2. The van der Waals surface area contributed by atoms with E-state index >= 15 is 0 Å². The minimum absolute atomic E-state index is 0.0719. The minimum Gasteiger partial charge on any atom is -0.468 e. The zero-order chi connectivity index (χ0) is 20.6. The average Bonchev–Trinajstić information content (AvgIpc) is 3.13. The molecule has 1 aliphatic rings. The molecule has 0 aliphatic carbocycles. The number of ether oxygens (including phenoxy) is 4.